The van der Waals surface area contributed by atoms with Gasteiger partial charge in [0.1, 0.15) is 11.9 Å². The molecule has 0 amide bonds. The maximum atomic E-state index is 12.1. The molecule has 0 fully saturated rings. The summed E-state index contributed by atoms with van der Waals surface area (Å²) in [4.78, 5) is 24.2. The Bertz CT molecular complexity index is 936. The van der Waals surface area contributed by atoms with Crippen molar-refractivity contribution in [2.75, 3.05) is 18.5 Å². The number of rotatable bonds is 3. The summed E-state index contributed by atoms with van der Waals surface area (Å²) in [6, 6.07) is 9.91. The summed E-state index contributed by atoms with van der Waals surface area (Å²) in [5.41, 5.74) is 1.15. The molecular weight excluding hydrogens is 308 g/mol. The molecule has 124 valence electrons. The number of aromatic nitrogens is 2. The van der Waals surface area contributed by atoms with Crippen molar-refractivity contribution in [3.05, 3.63) is 61.8 Å². The van der Waals surface area contributed by atoms with Crippen LogP contribution in [0, 0.1) is 11.3 Å². The Morgan fingerprint density at radius 3 is 2.79 bits per heavy atom. The normalized spacial score (nSPS) is 16.3. The van der Waals surface area contributed by atoms with Gasteiger partial charge in [-0.05, 0) is 17.5 Å². The summed E-state index contributed by atoms with van der Waals surface area (Å²) in [6.45, 7) is 0.982. The van der Waals surface area contributed by atoms with Crippen molar-refractivity contribution in [2.45, 2.75) is 12.5 Å². The van der Waals surface area contributed by atoms with Crippen LogP contribution < -0.4 is 16.6 Å². The summed E-state index contributed by atoms with van der Waals surface area (Å²) < 4.78 is 8.01. The quantitative estimate of drug-likeness (QED) is 0.896. The molecule has 0 aliphatic carbocycles. The van der Waals surface area contributed by atoms with Crippen molar-refractivity contribution >= 4 is 5.82 Å². The van der Waals surface area contributed by atoms with Crippen LogP contribution >= 0.6 is 0 Å². The number of nitrogens with one attached hydrogen (secondary N) is 1. The van der Waals surface area contributed by atoms with Gasteiger partial charge in [-0.15, -0.1) is 0 Å². The second-order valence-electron chi connectivity index (χ2n) is 5.73. The second kappa shape index (κ2) is 6.34. The van der Waals surface area contributed by atoms with Gasteiger partial charge in [-0.2, -0.15) is 5.26 Å². The summed E-state index contributed by atoms with van der Waals surface area (Å²) in [7, 11) is 2.89. The zero-order chi connectivity index (χ0) is 17.3. The first-order chi connectivity index (χ1) is 11.5. The number of hydrogen-bond donors (Lipinski definition) is 1. The van der Waals surface area contributed by atoms with Gasteiger partial charge in [-0.25, -0.2) is 4.79 Å². The molecule has 0 spiro atoms. The van der Waals surface area contributed by atoms with Gasteiger partial charge in [-0.1, -0.05) is 24.3 Å². The lowest BCUT2D eigenvalue weighted by molar-refractivity contribution is 0.0512. The van der Waals surface area contributed by atoms with Crippen molar-refractivity contribution in [1.82, 2.24) is 9.13 Å². The van der Waals surface area contributed by atoms with E-state index in [1.165, 1.54) is 24.2 Å². The molecule has 2 heterocycles. The summed E-state index contributed by atoms with van der Waals surface area (Å²) in [5.74, 6) is 0.220. The van der Waals surface area contributed by atoms with Gasteiger partial charge in [0.15, 0.2) is 5.56 Å². The molecule has 24 heavy (non-hydrogen) atoms. The molecule has 1 aliphatic rings. The Labute approximate surface area is 138 Å². The Morgan fingerprint density at radius 2 is 2.04 bits per heavy atom. The molecule has 1 aliphatic heterocycles. The maximum absolute atomic E-state index is 12.1. The summed E-state index contributed by atoms with van der Waals surface area (Å²) >= 11 is 0. The molecule has 1 unspecified atom stereocenters. The SMILES string of the molecule is Cn1c(NCC2OCCc3ccccc32)c(C#N)c(=O)n(C)c1=O. The van der Waals surface area contributed by atoms with E-state index < -0.39 is 11.2 Å². The molecule has 3 rings (SSSR count). The minimum absolute atomic E-state index is 0.0799. The molecule has 0 radical (unpaired) electrons. The number of ether oxygens (including phenoxy) is 1. The topological polar surface area (TPSA) is 89.1 Å². The van der Waals surface area contributed by atoms with Crippen LogP contribution in [0.1, 0.15) is 22.8 Å². The van der Waals surface area contributed by atoms with Gasteiger partial charge in [-0.3, -0.25) is 13.9 Å². The fraction of sp³-hybridized carbons (Fsp3) is 0.353. The lowest BCUT2D eigenvalue weighted by Gasteiger charge is -2.27. The molecule has 0 saturated carbocycles. The first-order valence-electron chi connectivity index (χ1n) is 7.68. The van der Waals surface area contributed by atoms with Crippen LogP contribution in [0.25, 0.3) is 0 Å². The second-order valence-corrected chi connectivity index (χ2v) is 5.73. The first kappa shape index (κ1) is 16.0. The molecule has 1 aromatic carbocycles. The minimum Gasteiger partial charge on any atom is -0.371 e. The molecule has 7 nitrogen and oxygen atoms in total. The number of benzene rings is 1. The van der Waals surface area contributed by atoms with Gasteiger partial charge < -0.3 is 10.1 Å². The molecule has 1 aromatic heterocycles. The van der Waals surface area contributed by atoms with Crippen LogP contribution in [0.5, 0.6) is 0 Å². The van der Waals surface area contributed by atoms with E-state index in [-0.39, 0.29) is 17.5 Å². The Kier molecular flexibility index (Phi) is 4.23. The lowest BCUT2D eigenvalue weighted by atomic mass is 9.97. The van der Waals surface area contributed by atoms with E-state index in [0.29, 0.717) is 13.2 Å². The highest BCUT2D eigenvalue weighted by Gasteiger charge is 2.22. The average molecular weight is 326 g/mol. The number of nitrogens with zero attached hydrogens (tertiary/aromatic N) is 3. The Balaban J connectivity index is 1.93. The first-order valence-corrected chi connectivity index (χ1v) is 7.68. The van der Waals surface area contributed by atoms with Crippen LogP contribution in [0.3, 0.4) is 0 Å². The molecule has 2 aromatic rings. The summed E-state index contributed by atoms with van der Waals surface area (Å²) in [6.07, 6.45) is 0.668. The predicted octanol–water partition coefficient (Wildman–Crippen LogP) is 0.682. The maximum Gasteiger partial charge on any atom is 0.332 e. The lowest BCUT2D eigenvalue weighted by Crippen LogP contribution is -2.40. The predicted molar refractivity (Wildman–Crippen MR) is 89.0 cm³/mol. The molecule has 0 saturated heterocycles. The van der Waals surface area contributed by atoms with E-state index in [2.05, 4.69) is 11.4 Å². The van der Waals surface area contributed by atoms with Crippen molar-refractivity contribution in [2.24, 2.45) is 14.1 Å². The Hall–Kier alpha value is -2.85. The van der Waals surface area contributed by atoms with Gasteiger partial charge in [0.25, 0.3) is 5.56 Å². The van der Waals surface area contributed by atoms with E-state index in [1.807, 2.05) is 24.3 Å². The minimum atomic E-state index is -0.604. The Morgan fingerprint density at radius 1 is 1.29 bits per heavy atom. The summed E-state index contributed by atoms with van der Waals surface area (Å²) in [5, 5.41) is 12.3. The van der Waals surface area contributed by atoms with Gasteiger partial charge in [0.05, 0.1) is 12.7 Å². The van der Waals surface area contributed by atoms with Gasteiger partial charge in [0.2, 0.25) is 0 Å². The van der Waals surface area contributed by atoms with E-state index in [4.69, 9.17) is 4.74 Å². The number of fused-ring (bicyclic) bond motifs is 1. The fourth-order valence-corrected chi connectivity index (χ4v) is 2.99. The van der Waals surface area contributed by atoms with E-state index in [1.54, 1.807) is 0 Å². The van der Waals surface area contributed by atoms with Crippen LogP contribution in [0.4, 0.5) is 5.82 Å². The fourth-order valence-electron chi connectivity index (χ4n) is 2.99. The van der Waals surface area contributed by atoms with Crippen LogP contribution in [0.15, 0.2) is 33.9 Å². The van der Waals surface area contributed by atoms with E-state index in [9.17, 15) is 14.9 Å². The third kappa shape index (κ3) is 2.61. The zero-order valence-corrected chi connectivity index (χ0v) is 13.6. The van der Waals surface area contributed by atoms with Crippen molar-refractivity contribution in [3.8, 4) is 6.07 Å². The van der Waals surface area contributed by atoms with E-state index >= 15 is 0 Å². The standard InChI is InChI=1S/C17H18N4O3/c1-20-15(13(9-18)16(22)21(2)17(20)23)19-10-14-12-6-4-3-5-11(12)7-8-24-14/h3-6,14,19H,7-8,10H2,1-2H3. The number of nitriles is 1. The molecule has 0 bridgehead atoms. The molecule has 1 atom stereocenters. The molecular formula is C17H18N4O3. The number of hydrogen-bond acceptors (Lipinski definition) is 5. The molecule has 1 N–H and O–H groups in total. The smallest absolute Gasteiger partial charge is 0.332 e. The van der Waals surface area contributed by atoms with Crippen molar-refractivity contribution in [1.29, 1.82) is 5.26 Å². The highest BCUT2D eigenvalue weighted by atomic mass is 16.5. The number of anilines is 1. The van der Waals surface area contributed by atoms with Crippen molar-refractivity contribution in [3.63, 3.8) is 0 Å². The van der Waals surface area contributed by atoms with Crippen LogP contribution in [-0.2, 0) is 25.3 Å². The average Bonchev–Trinajstić information content (AvgIpc) is 2.61. The van der Waals surface area contributed by atoms with Crippen LogP contribution in [-0.4, -0.2) is 22.3 Å². The van der Waals surface area contributed by atoms with Gasteiger partial charge >= 0.3 is 5.69 Å². The zero-order valence-electron chi connectivity index (χ0n) is 13.6. The third-order valence-corrected chi connectivity index (χ3v) is 4.32. The molecule has 7 heteroatoms. The monoisotopic (exact) mass is 326 g/mol. The van der Waals surface area contributed by atoms with Crippen LogP contribution in [0.2, 0.25) is 0 Å². The largest absolute Gasteiger partial charge is 0.371 e. The van der Waals surface area contributed by atoms with Gasteiger partial charge in [0, 0.05) is 20.6 Å². The highest BCUT2D eigenvalue weighted by molar-refractivity contribution is 5.51. The highest BCUT2D eigenvalue weighted by Crippen LogP contribution is 2.27. The third-order valence-electron chi connectivity index (χ3n) is 4.32. The van der Waals surface area contributed by atoms with Crippen molar-refractivity contribution < 1.29 is 4.74 Å². The van der Waals surface area contributed by atoms with E-state index in [0.717, 1.165) is 16.6 Å².